The highest BCUT2D eigenvalue weighted by Gasteiger charge is 2.31. The average molecular weight is 268 g/mol. The second kappa shape index (κ2) is 7.28. The molecule has 0 aliphatic heterocycles. The van der Waals surface area contributed by atoms with Gasteiger partial charge in [0.1, 0.15) is 0 Å². The Kier molecular flexibility index (Phi) is 6.31. The summed E-state index contributed by atoms with van der Waals surface area (Å²) < 4.78 is 0. The van der Waals surface area contributed by atoms with Crippen molar-refractivity contribution in [3.63, 3.8) is 0 Å². The van der Waals surface area contributed by atoms with Gasteiger partial charge in [-0.05, 0) is 30.6 Å². The molecule has 1 N–H and O–H groups in total. The fraction of sp³-hybridized carbons (Fsp3) is 0.938. The SMILES string of the molecule is CC(C)CC(NC1CCCC(C)C1C)C(=O)N(C)C. The van der Waals surface area contributed by atoms with Crippen LogP contribution in [0.3, 0.4) is 0 Å². The third kappa shape index (κ3) is 4.79. The van der Waals surface area contributed by atoms with E-state index in [0.717, 1.165) is 12.3 Å². The maximum Gasteiger partial charge on any atom is 0.239 e. The first-order chi connectivity index (χ1) is 8.82. The molecule has 3 heteroatoms. The number of nitrogens with zero attached hydrogens (tertiary/aromatic N) is 1. The van der Waals surface area contributed by atoms with Gasteiger partial charge in [-0.25, -0.2) is 0 Å². The summed E-state index contributed by atoms with van der Waals surface area (Å²) in [5.74, 6) is 2.19. The quantitative estimate of drug-likeness (QED) is 0.831. The van der Waals surface area contributed by atoms with Crippen LogP contribution in [-0.4, -0.2) is 37.0 Å². The Bertz CT molecular complexity index is 288. The minimum atomic E-state index is -0.0206. The second-order valence-corrected chi connectivity index (χ2v) is 6.96. The number of likely N-dealkylation sites (N-methyl/N-ethyl adjacent to an activating group) is 1. The van der Waals surface area contributed by atoms with Crippen molar-refractivity contribution in [1.29, 1.82) is 0 Å². The van der Waals surface area contributed by atoms with Gasteiger partial charge in [0.25, 0.3) is 0 Å². The lowest BCUT2D eigenvalue weighted by Gasteiger charge is -2.37. The zero-order valence-electron chi connectivity index (χ0n) is 13.6. The maximum absolute atomic E-state index is 12.3. The average Bonchev–Trinajstić information content (AvgIpc) is 2.32. The fourth-order valence-electron chi connectivity index (χ4n) is 3.10. The Labute approximate surface area is 119 Å². The predicted molar refractivity (Wildman–Crippen MR) is 81.0 cm³/mol. The molecule has 0 spiro atoms. The van der Waals surface area contributed by atoms with Crippen LogP contribution in [0.25, 0.3) is 0 Å². The monoisotopic (exact) mass is 268 g/mol. The van der Waals surface area contributed by atoms with Crippen molar-refractivity contribution in [2.45, 2.75) is 65.5 Å². The number of carbonyl (C=O) groups excluding carboxylic acids is 1. The smallest absolute Gasteiger partial charge is 0.239 e. The van der Waals surface area contributed by atoms with E-state index in [1.165, 1.54) is 19.3 Å². The highest BCUT2D eigenvalue weighted by Crippen LogP contribution is 2.30. The molecule has 112 valence electrons. The van der Waals surface area contributed by atoms with Crippen LogP contribution in [0.5, 0.6) is 0 Å². The van der Waals surface area contributed by atoms with Gasteiger partial charge >= 0.3 is 0 Å². The first kappa shape index (κ1) is 16.5. The third-order valence-corrected chi connectivity index (χ3v) is 4.57. The molecule has 1 amide bonds. The summed E-state index contributed by atoms with van der Waals surface area (Å²) in [7, 11) is 3.70. The lowest BCUT2D eigenvalue weighted by molar-refractivity contribution is -0.131. The molecule has 0 bridgehead atoms. The van der Waals surface area contributed by atoms with E-state index in [0.29, 0.717) is 17.9 Å². The highest BCUT2D eigenvalue weighted by molar-refractivity contribution is 5.81. The van der Waals surface area contributed by atoms with E-state index in [9.17, 15) is 4.79 Å². The van der Waals surface area contributed by atoms with Gasteiger partial charge < -0.3 is 10.2 Å². The topological polar surface area (TPSA) is 32.3 Å². The molecule has 19 heavy (non-hydrogen) atoms. The molecule has 0 radical (unpaired) electrons. The largest absolute Gasteiger partial charge is 0.347 e. The maximum atomic E-state index is 12.3. The lowest BCUT2D eigenvalue weighted by Crippen LogP contribution is -2.52. The predicted octanol–water partition coefficient (Wildman–Crippen LogP) is 2.90. The lowest BCUT2D eigenvalue weighted by atomic mass is 9.77. The molecule has 4 atom stereocenters. The van der Waals surface area contributed by atoms with Gasteiger partial charge in [0, 0.05) is 20.1 Å². The number of hydrogen-bond acceptors (Lipinski definition) is 2. The molecular formula is C16H32N2O. The summed E-state index contributed by atoms with van der Waals surface area (Å²) in [6.07, 6.45) is 4.75. The molecule has 1 rings (SSSR count). The van der Waals surface area contributed by atoms with Crippen molar-refractivity contribution in [3.05, 3.63) is 0 Å². The summed E-state index contributed by atoms with van der Waals surface area (Å²) in [5, 5.41) is 3.66. The van der Waals surface area contributed by atoms with Crippen LogP contribution in [0.2, 0.25) is 0 Å². The zero-order valence-corrected chi connectivity index (χ0v) is 13.6. The van der Waals surface area contributed by atoms with Gasteiger partial charge in [0.05, 0.1) is 6.04 Å². The summed E-state index contributed by atoms with van der Waals surface area (Å²) >= 11 is 0. The molecule has 4 unspecified atom stereocenters. The minimum absolute atomic E-state index is 0.0206. The van der Waals surface area contributed by atoms with Gasteiger partial charge in [-0.2, -0.15) is 0 Å². The van der Waals surface area contributed by atoms with Crippen LogP contribution in [0.4, 0.5) is 0 Å². The van der Waals surface area contributed by atoms with E-state index >= 15 is 0 Å². The Morgan fingerprint density at radius 2 is 1.89 bits per heavy atom. The first-order valence-electron chi connectivity index (χ1n) is 7.80. The number of nitrogens with one attached hydrogen (secondary N) is 1. The van der Waals surface area contributed by atoms with Crippen molar-refractivity contribution < 1.29 is 4.79 Å². The Balaban J connectivity index is 2.68. The van der Waals surface area contributed by atoms with E-state index < -0.39 is 0 Å². The van der Waals surface area contributed by atoms with Crippen molar-refractivity contribution in [2.75, 3.05) is 14.1 Å². The molecule has 0 aromatic carbocycles. The molecule has 0 aromatic rings. The molecular weight excluding hydrogens is 236 g/mol. The highest BCUT2D eigenvalue weighted by atomic mass is 16.2. The van der Waals surface area contributed by atoms with Crippen molar-refractivity contribution >= 4 is 5.91 Å². The Hall–Kier alpha value is -0.570. The van der Waals surface area contributed by atoms with Crippen LogP contribution in [0, 0.1) is 17.8 Å². The van der Waals surface area contributed by atoms with Crippen molar-refractivity contribution in [1.82, 2.24) is 10.2 Å². The number of rotatable bonds is 5. The number of amides is 1. The summed E-state index contributed by atoms with van der Waals surface area (Å²) in [6, 6.07) is 0.476. The molecule has 0 heterocycles. The van der Waals surface area contributed by atoms with E-state index in [-0.39, 0.29) is 11.9 Å². The normalized spacial score (nSPS) is 29.3. The van der Waals surface area contributed by atoms with Crippen LogP contribution >= 0.6 is 0 Å². The third-order valence-electron chi connectivity index (χ3n) is 4.57. The van der Waals surface area contributed by atoms with Crippen LogP contribution < -0.4 is 5.32 Å². The molecule has 1 fully saturated rings. The standard InChI is InChI=1S/C16H32N2O/c1-11(2)10-15(16(19)18(5)6)17-14-9-7-8-12(3)13(14)4/h11-15,17H,7-10H2,1-6H3. The van der Waals surface area contributed by atoms with Gasteiger partial charge in [0.2, 0.25) is 5.91 Å². The van der Waals surface area contributed by atoms with Gasteiger partial charge in [-0.15, -0.1) is 0 Å². The van der Waals surface area contributed by atoms with Crippen LogP contribution in [0.1, 0.15) is 53.4 Å². The molecule has 1 aliphatic rings. The minimum Gasteiger partial charge on any atom is -0.347 e. The molecule has 1 aliphatic carbocycles. The molecule has 3 nitrogen and oxygen atoms in total. The number of carbonyl (C=O) groups is 1. The fourth-order valence-corrected chi connectivity index (χ4v) is 3.10. The summed E-state index contributed by atoms with van der Waals surface area (Å²) in [5.41, 5.74) is 0. The van der Waals surface area contributed by atoms with Gasteiger partial charge in [-0.1, -0.05) is 40.5 Å². The Morgan fingerprint density at radius 3 is 2.42 bits per heavy atom. The molecule has 0 saturated heterocycles. The summed E-state index contributed by atoms with van der Waals surface area (Å²) in [4.78, 5) is 14.0. The van der Waals surface area contributed by atoms with Crippen molar-refractivity contribution in [3.8, 4) is 0 Å². The number of hydrogen-bond donors (Lipinski definition) is 1. The summed E-state index contributed by atoms with van der Waals surface area (Å²) in [6.45, 7) is 9.03. The second-order valence-electron chi connectivity index (χ2n) is 6.96. The van der Waals surface area contributed by atoms with Crippen LogP contribution in [0.15, 0.2) is 0 Å². The van der Waals surface area contributed by atoms with Gasteiger partial charge in [0.15, 0.2) is 0 Å². The van der Waals surface area contributed by atoms with Crippen molar-refractivity contribution in [2.24, 2.45) is 17.8 Å². The van der Waals surface area contributed by atoms with Crippen LogP contribution in [-0.2, 0) is 4.79 Å². The molecule has 1 saturated carbocycles. The first-order valence-corrected chi connectivity index (χ1v) is 7.80. The van der Waals surface area contributed by atoms with E-state index in [1.54, 1.807) is 4.90 Å². The van der Waals surface area contributed by atoms with E-state index in [1.807, 2.05) is 14.1 Å². The van der Waals surface area contributed by atoms with E-state index in [2.05, 4.69) is 33.0 Å². The van der Waals surface area contributed by atoms with Gasteiger partial charge in [-0.3, -0.25) is 4.79 Å². The van der Waals surface area contributed by atoms with E-state index in [4.69, 9.17) is 0 Å². The molecule has 0 aromatic heterocycles. The Morgan fingerprint density at radius 1 is 1.26 bits per heavy atom. The zero-order chi connectivity index (χ0) is 14.6.